The van der Waals surface area contributed by atoms with Crippen LogP contribution in [0.15, 0.2) is 72.9 Å². The van der Waals surface area contributed by atoms with Gasteiger partial charge >= 0.3 is 0 Å². The maximum Gasteiger partial charge on any atom is 0.274 e. The van der Waals surface area contributed by atoms with Crippen molar-refractivity contribution in [3.05, 3.63) is 89.7 Å². The minimum absolute atomic E-state index is 0.216. The minimum atomic E-state index is -0.216. The van der Waals surface area contributed by atoms with Crippen LogP contribution >= 0.6 is 0 Å². The fourth-order valence-electron chi connectivity index (χ4n) is 2.36. The summed E-state index contributed by atoms with van der Waals surface area (Å²) in [6, 6.07) is 21.2. The molecule has 0 aliphatic carbocycles. The van der Waals surface area contributed by atoms with Crippen LogP contribution in [0, 0.1) is 6.92 Å². The zero-order valence-electron chi connectivity index (χ0n) is 13.5. The van der Waals surface area contributed by atoms with Crippen molar-refractivity contribution in [3.63, 3.8) is 0 Å². The lowest BCUT2D eigenvalue weighted by Crippen LogP contribution is -2.13. The molecule has 2 aromatic carbocycles. The summed E-state index contributed by atoms with van der Waals surface area (Å²) in [5.74, 6) is -0.216. The van der Waals surface area contributed by atoms with Gasteiger partial charge in [-0.3, -0.25) is 4.79 Å². The average molecular weight is 317 g/mol. The number of amides is 1. The normalized spacial score (nSPS) is 10.2. The van der Waals surface area contributed by atoms with Crippen LogP contribution in [-0.2, 0) is 6.54 Å². The molecule has 0 spiro atoms. The van der Waals surface area contributed by atoms with Gasteiger partial charge in [0.1, 0.15) is 5.69 Å². The van der Waals surface area contributed by atoms with E-state index in [0.717, 1.165) is 17.9 Å². The average Bonchev–Trinajstić information content (AvgIpc) is 2.62. The van der Waals surface area contributed by atoms with E-state index in [2.05, 4.69) is 34.7 Å². The molecule has 0 radical (unpaired) electrons. The molecule has 0 saturated carbocycles. The number of para-hydroxylation sites is 1. The molecule has 1 amide bonds. The van der Waals surface area contributed by atoms with Crippen molar-refractivity contribution in [2.75, 3.05) is 10.6 Å². The minimum Gasteiger partial charge on any atom is -0.380 e. The largest absolute Gasteiger partial charge is 0.380 e. The van der Waals surface area contributed by atoms with Crippen LogP contribution in [0.4, 0.5) is 11.4 Å². The van der Waals surface area contributed by atoms with Gasteiger partial charge in [-0.25, -0.2) is 4.98 Å². The predicted octanol–water partition coefficient (Wildman–Crippen LogP) is 4.25. The number of carbonyl (C=O) groups excluding carboxylic acids is 1. The number of hydrogen-bond donors (Lipinski definition) is 2. The molecule has 24 heavy (non-hydrogen) atoms. The van der Waals surface area contributed by atoms with Crippen LogP contribution in [0.25, 0.3) is 0 Å². The molecule has 4 nitrogen and oxygen atoms in total. The summed E-state index contributed by atoms with van der Waals surface area (Å²) in [5.41, 5.74) is 4.51. The number of nitrogens with one attached hydrogen (secondary N) is 2. The molecule has 3 aromatic rings. The zero-order chi connectivity index (χ0) is 16.8. The first-order chi connectivity index (χ1) is 11.7. The van der Waals surface area contributed by atoms with Crippen molar-refractivity contribution in [1.29, 1.82) is 0 Å². The second-order valence-corrected chi connectivity index (χ2v) is 5.53. The molecule has 0 unspecified atom stereocenters. The molecule has 0 fully saturated rings. The summed E-state index contributed by atoms with van der Waals surface area (Å²) in [7, 11) is 0. The van der Waals surface area contributed by atoms with Gasteiger partial charge in [0.25, 0.3) is 5.91 Å². The van der Waals surface area contributed by atoms with E-state index in [1.54, 1.807) is 12.3 Å². The van der Waals surface area contributed by atoms with Gasteiger partial charge in [-0.15, -0.1) is 0 Å². The van der Waals surface area contributed by atoms with Gasteiger partial charge in [0, 0.05) is 12.2 Å². The summed E-state index contributed by atoms with van der Waals surface area (Å²) < 4.78 is 0. The number of hydrogen-bond acceptors (Lipinski definition) is 3. The Morgan fingerprint density at radius 3 is 2.38 bits per heavy atom. The Bertz CT molecular complexity index is 814. The molecule has 1 heterocycles. The monoisotopic (exact) mass is 317 g/mol. The third kappa shape index (κ3) is 3.98. The first-order valence-corrected chi connectivity index (χ1v) is 7.83. The smallest absolute Gasteiger partial charge is 0.274 e. The summed E-state index contributed by atoms with van der Waals surface area (Å²) >= 11 is 0. The lowest BCUT2D eigenvalue weighted by atomic mass is 10.1. The quantitative estimate of drug-likeness (QED) is 0.739. The van der Waals surface area contributed by atoms with Gasteiger partial charge in [0.15, 0.2) is 0 Å². The molecular weight excluding hydrogens is 298 g/mol. The number of benzene rings is 2. The second-order valence-electron chi connectivity index (χ2n) is 5.53. The van der Waals surface area contributed by atoms with Crippen LogP contribution in [0.5, 0.6) is 0 Å². The summed E-state index contributed by atoms with van der Waals surface area (Å²) in [5, 5.41) is 6.14. The van der Waals surface area contributed by atoms with E-state index in [1.807, 2.05) is 48.5 Å². The third-order valence-corrected chi connectivity index (χ3v) is 3.77. The number of carbonyl (C=O) groups is 1. The molecule has 0 aliphatic heterocycles. The van der Waals surface area contributed by atoms with E-state index >= 15 is 0 Å². The number of rotatable bonds is 5. The van der Waals surface area contributed by atoms with Crippen LogP contribution in [-0.4, -0.2) is 10.9 Å². The second kappa shape index (κ2) is 7.42. The Kier molecular flexibility index (Phi) is 4.87. The van der Waals surface area contributed by atoms with Crippen LogP contribution in [0.3, 0.4) is 0 Å². The van der Waals surface area contributed by atoms with Gasteiger partial charge < -0.3 is 10.6 Å². The standard InChI is InChI=1S/C20H19N3O/c1-15-7-5-6-8-16(15)13-21-18-11-12-19(22-14-18)20(24)23-17-9-3-2-4-10-17/h2-12,14,21H,13H2,1H3,(H,23,24). The van der Waals surface area contributed by atoms with Crippen molar-refractivity contribution in [3.8, 4) is 0 Å². The number of pyridine rings is 1. The Morgan fingerprint density at radius 1 is 0.917 bits per heavy atom. The number of aromatic nitrogens is 1. The summed E-state index contributed by atoms with van der Waals surface area (Å²) in [6.45, 7) is 2.82. The lowest BCUT2D eigenvalue weighted by Gasteiger charge is -2.09. The van der Waals surface area contributed by atoms with Crippen LogP contribution in [0.1, 0.15) is 21.6 Å². The van der Waals surface area contributed by atoms with Crippen molar-refractivity contribution in [2.45, 2.75) is 13.5 Å². The molecule has 4 heteroatoms. The van der Waals surface area contributed by atoms with Gasteiger partial charge in [0.2, 0.25) is 0 Å². The first-order valence-electron chi connectivity index (χ1n) is 7.83. The summed E-state index contributed by atoms with van der Waals surface area (Å²) in [4.78, 5) is 16.4. The molecule has 3 rings (SSSR count). The van der Waals surface area contributed by atoms with Crippen molar-refractivity contribution in [2.24, 2.45) is 0 Å². The maximum absolute atomic E-state index is 12.2. The molecule has 0 aliphatic rings. The van der Waals surface area contributed by atoms with Crippen LogP contribution < -0.4 is 10.6 Å². The van der Waals surface area contributed by atoms with E-state index in [0.29, 0.717) is 5.69 Å². The molecule has 0 saturated heterocycles. The Balaban J connectivity index is 1.61. The predicted molar refractivity (Wildman–Crippen MR) is 97.1 cm³/mol. The maximum atomic E-state index is 12.2. The fraction of sp³-hybridized carbons (Fsp3) is 0.100. The van der Waals surface area contributed by atoms with Crippen molar-refractivity contribution < 1.29 is 4.79 Å². The highest BCUT2D eigenvalue weighted by molar-refractivity contribution is 6.02. The van der Waals surface area contributed by atoms with Gasteiger partial charge in [-0.1, -0.05) is 42.5 Å². The highest BCUT2D eigenvalue weighted by atomic mass is 16.1. The van der Waals surface area contributed by atoms with Gasteiger partial charge in [-0.05, 0) is 42.3 Å². The van der Waals surface area contributed by atoms with Gasteiger partial charge in [-0.2, -0.15) is 0 Å². The fourth-order valence-corrected chi connectivity index (χ4v) is 2.36. The highest BCUT2D eigenvalue weighted by Crippen LogP contribution is 2.13. The molecule has 2 N–H and O–H groups in total. The van der Waals surface area contributed by atoms with Crippen molar-refractivity contribution in [1.82, 2.24) is 4.98 Å². The topological polar surface area (TPSA) is 54.0 Å². The van der Waals surface area contributed by atoms with E-state index in [1.165, 1.54) is 11.1 Å². The molecule has 120 valence electrons. The van der Waals surface area contributed by atoms with Crippen LogP contribution in [0.2, 0.25) is 0 Å². The van der Waals surface area contributed by atoms with E-state index < -0.39 is 0 Å². The zero-order valence-corrected chi connectivity index (χ0v) is 13.5. The first kappa shape index (κ1) is 15.7. The van der Waals surface area contributed by atoms with E-state index in [-0.39, 0.29) is 5.91 Å². The number of anilines is 2. The Labute approximate surface area is 141 Å². The highest BCUT2D eigenvalue weighted by Gasteiger charge is 2.07. The molecule has 0 atom stereocenters. The lowest BCUT2D eigenvalue weighted by molar-refractivity contribution is 0.102. The molecule has 0 bridgehead atoms. The number of nitrogens with zero attached hydrogens (tertiary/aromatic N) is 1. The Morgan fingerprint density at radius 2 is 1.67 bits per heavy atom. The van der Waals surface area contributed by atoms with Crippen molar-refractivity contribution >= 4 is 17.3 Å². The summed E-state index contributed by atoms with van der Waals surface area (Å²) in [6.07, 6.45) is 1.68. The van der Waals surface area contributed by atoms with E-state index in [9.17, 15) is 4.79 Å². The molecular formula is C20H19N3O. The van der Waals surface area contributed by atoms with Gasteiger partial charge in [0.05, 0.1) is 11.9 Å². The third-order valence-electron chi connectivity index (χ3n) is 3.77. The van der Waals surface area contributed by atoms with E-state index in [4.69, 9.17) is 0 Å². The molecule has 1 aromatic heterocycles. The Hall–Kier alpha value is -3.14. The SMILES string of the molecule is Cc1ccccc1CNc1ccc(C(=O)Nc2ccccc2)nc1. The number of aryl methyl sites for hydroxylation is 1.